The summed E-state index contributed by atoms with van der Waals surface area (Å²) < 4.78 is 31.1. The molecule has 1 saturated heterocycles. The zero-order valence-electron chi connectivity index (χ0n) is 9.18. The van der Waals surface area contributed by atoms with Crippen molar-refractivity contribution in [2.24, 2.45) is 0 Å². The Morgan fingerprint density at radius 3 is 2.80 bits per heavy atom. The molecule has 0 spiro atoms. The van der Waals surface area contributed by atoms with E-state index in [0.717, 1.165) is 19.3 Å². The quantitative estimate of drug-likeness (QED) is 0.714. The van der Waals surface area contributed by atoms with Crippen molar-refractivity contribution in [1.29, 1.82) is 0 Å². The minimum Gasteiger partial charge on any atom is -0.375 e. The molecule has 88 valence electrons. The van der Waals surface area contributed by atoms with Gasteiger partial charge >= 0.3 is 0 Å². The van der Waals surface area contributed by atoms with Gasteiger partial charge in [-0.1, -0.05) is 12.8 Å². The predicted molar refractivity (Wildman–Crippen MR) is 58.2 cm³/mol. The second kappa shape index (κ2) is 4.39. The van der Waals surface area contributed by atoms with E-state index in [1.165, 1.54) is 6.42 Å². The number of fused-ring (bicyclic) bond motifs is 1. The Morgan fingerprint density at radius 2 is 2.07 bits per heavy atom. The summed E-state index contributed by atoms with van der Waals surface area (Å²) in [6, 6.07) is 0.109. The average molecular weight is 233 g/mol. The minimum atomic E-state index is -3.04. The van der Waals surface area contributed by atoms with Crippen molar-refractivity contribution in [3.8, 4) is 0 Å². The van der Waals surface area contributed by atoms with E-state index in [9.17, 15) is 8.42 Å². The van der Waals surface area contributed by atoms with Crippen LogP contribution in [0.2, 0.25) is 0 Å². The topological polar surface area (TPSA) is 46.6 Å². The Balaban J connectivity index is 2.17. The fourth-order valence-electron chi connectivity index (χ4n) is 2.57. The molecule has 1 aliphatic carbocycles. The van der Waals surface area contributed by atoms with Gasteiger partial charge in [-0.05, 0) is 19.8 Å². The molecule has 0 bridgehead atoms. The molecule has 0 aromatic heterocycles. The number of hydrogen-bond donors (Lipinski definition) is 0. The Labute approximate surface area is 91.6 Å². The van der Waals surface area contributed by atoms with Gasteiger partial charge in [0.2, 0.25) is 10.0 Å². The van der Waals surface area contributed by atoms with Crippen molar-refractivity contribution in [2.45, 2.75) is 44.8 Å². The number of morpholine rings is 1. The first-order valence-corrected chi connectivity index (χ1v) is 7.37. The van der Waals surface area contributed by atoms with Crippen LogP contribution in [0.5, 0.6) is 0 Å². The van der Waals surface area contributed by atoms with Gasteiger partial charge in [0.05, 0.1) is 24.5 Å². The van der Waals surface area contributed by atoms with Gasteiger partial charge < -0.3 is 4.74 Å². The molecule has 0 aromatic carbocycles. The Morgan fingerprint density at radius 1 is 1.33 bits per heavy atom. The van der Waals surface area contributed by atoms with Crippen molar-refractivity contribution in [3.05, 3.63) is 0 Å². The second-order valence-electron chi connectivity index (χ2n) is 4.27. The first-order chi connectivity index (χ1) is 7.15. The molecule has 1 aliphatic heterocycles. The number of rotatable bonds is 2. The van der Waals surface area contributed by atoms with E-state index < -0.39 is 10.0 Å². The third-order valence-electron chi connectivity index (χ3n) is 3.40. The molecule has 2 atom stereocenters. The van der Waals surface area contributed by atoms with Gasteiger partial charge in [0.15, 0.2) is 0 Å². The van der Waals surface area contributed by atoms with Gasteiger partial charge in [-0.2, -0.15) is 4.31 Å². The molecule has 1 heterocycles. The van der Waals surface area contributed by atoms with Crippen LogP contribution in [-0.2, 0) is 14.8 Å². The van der Waals surface area contributed by atoms with Crippen molar-refractivity contribution < 1.29 is 13.2 Å². The number of ether oxygens (including phenoxy) is 1. The van der Waals surface area contributed by atoms with Gasteiger partial charge in [-0.15, -0.1) is 0 Å². The molecule has 0 radical (unpaired) electrons. The number of sulfonamides is 1. The van der Waals surface area contributed by atoms with Crippen LogP contribution >= 0.6 is 0 Å². The van der Waals surface area contributed by atoms with Gasteiger partial charge in [0, 0.05) is 6.54 Å². The largest absolute Gasteiger partial charge is 0.375 e. The van der Waals surface area contributed by atoms with Crippen molar-refractivity contribution >= 4 is 10.0 Å². The summed E-state index contributed by atoms with van der Waals surface area (Å²) in [5.74, 6) is 0.205. The molecule has 5 heteroatoms. The molecule has 0 amide bonds. The maximum Gasteiger partial charge on any atom is 0.214 e. The molecule has 15 heavy (non-hydrogen) atoms. The summed E-state index contributed by atoms with van der Waals surface area (Å²) in [6.45, 7) is 2.81. The summed E-state index contributed by atoms with van der Waals surface area (Å²) in [5.41, 5.74) is 0. The normalized spacial score (nSPS) is 33.7. The third-order valence-corrected chi connectivity index (χ3v) is 5.30. The fourth-order valence-corrected chi connectivity index (χ4v) is 3.91. The summed E-state index contributed by atoms with van der Waals surface area (Å²) in [5, 5.41) is 0. The standard InChI is InChI=1S/C10H19NO3S/c1-2-15(12,13)11-7-8-14-10-6-4-3-5-9(10)11/h9-10H,2-8H2,1H3/t9-,10+/m1/s1. The maximum atomic E-state index is 11.9. The summed E-state index contributed by atoms with van der Waals surface area (Å²) in [6.07, 6.45) is 4.42. The summed E-state index contributed by atoms with van der Waals surface area (Å²) in [7, 11) is -3.04. The van der Waals surface area contributed by atoms with Crippen LogP contribution in [0.1, 0.15) is 32.6 Å². The lowest BCUT2D eigenvalue weighted by molar-refractivity contribution is -0.0585. The van der Waals surface area contributed by atoms with Gasteiger partial charge in [0.25, 0.3) is 0 Å². The first kappa shape index (κ1) is 11.4. The first-order valence-electron chi connectivity index (χ1n) is 5.76. The van der Waals surface area contributed by atoms with Crippen LogP contribution in [0, 0.1) is 0 Å². The predicted octanol–water partition coefficient (Wildman–Crippen LogP) is 0.979. The molecule has 0 unspecified atom stereocenters. The lowest BCUT2D eigenvalue weighted by Crippen LogP contribution is -2.55. The van der Waals surface area contributed by atoms with Crippen LogP contribution in [0.4, 0.5) is 0 Å². The lowest BCUT2D eigenvalue weighted by Gasteiger charge is -2.42. The molecular weight excluding hydrogens is 214 g/mol. The average Bonchev–Trinajstić information content (AvgIpc) is 2.28. The number of nitrogens with zero attached hydrogens (tertiary/aromatic N) is 1. The molecule has 0 N–H and O–H groups in total. The van der Waals surface area contributed by atoms with E-state index in [-0.39, 0.29) is 17.9 Å². The second-order valence-corrected chi connectivity index (χ2v) is 6.48. The van der Waals surface area contributed by atoms with Crippen LogP contribution < -0.4 is 0 Å². The zero-order valence-corrected chi connectivity index (χ0v) is 10.0. The number of hydrogen-bond acceptors (Lipinski definition) is 3. The molecule has 2 rings (SSSR count). The third kappa shape index (κ3) is 2.19. The molecular formula is C10H19NO3S. The Kier molecular flexibility index (Phi) is 3.33. The van der Waals surface area contributed by atoms with E-state index in [2.05, 4.69) is 0 Å². The van der Waals surface area contributed by atoms with Crippen LogP contribution in [0.3, 0.4) is 0 Å². The molecule has 1 saturated carbocycles. The van der Waals surface area contributed by atoms with E-state index in [1.54, 1.807) is 11.2 Å². The SMILES string of the molecule is CCS(=O)(=O)N1CCO[C@H]2CCCC[C@H]21. The van der Waals surface area contributed by atoms with Crippen LogP contribution in [-0.4, -0.2) is 43.8 Å². The van der Waals surface area contributed by atoms with E-state index in [1.807, 2.05) is 0 Å². The minimum absolute atomic E-state index is 0.109. The highest BCUT2D eigenvalue weighted by atomic mass is 32.2. The highest BCUT2D eigenvalue weighted by Crippen LogP contribution is 2.30. The smallest absolute Gasteiger partial charge is 0.214 e. The van der Waals surface area contributed by atoms with E-state index >= 15 is 0 Å². The van der Waals surface area contributed by atoms with E-state index in [0.29, 0.717) is 13.2 Å². The van der Waals surface area contributed by atoms with Gasteiger partial charge in [-0.25, -0.2) is 8.42 Å². The molecule has 2 aliphatic rings. The van der Waals surface area contributed by atoms with Crippen molar-refractivity contribution in [1.82, 2.24) is 4.31 Å². The Bertz CT molecular complexity index is 313. The van der Waals surface area contributed by atoms with Crippen LogP contribution in [0.15, 0.2) is 0 Å². The van der Waals surface area contributed by atoms with Crippen molar-refractivity contribution in [3.63, 3.8) is 0 Å². The molecule has 2 fully saturated rings. The highest BCUT2D eigenvalue weighted by Gasteiger charge is 2.39. The van der Waals surface area contributed by atoms with Crippen molar-refractivity contribution in [2.75, 3.05) is 18.9 Å². The zero-order chi connectivity index (χ0) is 10.9. The summed E-state index contributed by atoms with van der Waals surface area (Å²) >= 11 is 0. The lowest BCUT2D eigenvalue weighted by atomic mass is 9.91. The van der Waals surface area contributed by atoms with Gasteiger partial charge in [0.1, 0.15) is 0 Å². The summed E-state index contributed by atoms with van der Waals surface area (Å²) in [4.78, 5) is 0. The monoisotopic (exact) mass is 233 g/mol. The highest BCUT2D eigenvalue weighted by molar-refractivity contribution is 7.89. The van der Waals surface area contributed by atoms with E-state index in [4.69, 9.17) is 4.74 Å². The molecule has 4 nitrogen and oxygen atoms in total. The van der Waals surface area contributed by atoms with Crippen LogP contribution in [0.25, 0.3) is 0 Å². The van der Waals surface area contributed by atoms with Gasteiger partial charge in [-0.3, -0.25) is 0 Å². The Hall–Kier alpha value is -0.130. The molecule has 0 aromatic rings. The fraction of sp³-hybridized carbons (Fsp3) is 1.00. The maximum absolute atomic E-state index is 11.9.